The van der Waals surface area contributed by atoms with Gasteiger partial charge in [0, 0.05) is 39.6 Å². The van der Waals surface area contributed by atoms with Crippen LogP contribution in [0.25, 0.3) is 0 Å². The molecule has 1 aromatic rings. The summed E-state index contributed by atoms with van der Waals surface area (Å²) in [5.41, 5.74) is 1.13. The molecule has 3 rings (SSSR count). The van der Waals surface area contributed by atoms with Crippen LogP contribution in [0.4, 0.5) is 0 Å². The third kappa shape index (κ3) is 6.75. The zero-order chi connectivity index (χ0) is 18.4. The number of halogens is 1. The van der Waals surface area contributed by atoms with Crippen LogP contribution in [-0.2, 0) is 11.3 Å². The largest absolute Gasteiger partial charge is 0.486 e. The Kier molecular flexibility index (Phi) is 8.46. The summed E-state index contributed by atoms with van der Waals surface area (Å²) in [4.78, 5) is 18.1. The third-order valence-electron chi connectivity index (χ3n) is 4.41. The number of amides is 1. The van der Waals surface area contributed by atoms with E-state index in [1.165, 1.54) is 0 Å². The normalized spacial score (nSPS) is 15.6. The fourth-order valence-corrected chi connectivity index (χ4v) is 2.90. The van der Waals surface area contributed by atoms with Gasteiger partial charge in [-0.15, -0.1) is 24.0 Å². The molecule has 27 heavy (non-hydrogen) atoms. The Morgan fingerprint density at radius 3 is 2.70 bits per heavy atom. The number of nitrogens with one attached hydrogen (secondary N) is 2. The van der Waals surface area contributed by atoms with Crippen molar-refractivity contribution in [3.63, 3.8) is 0 Å². The molecule has 2 aliphatic rings. The molecule has 0 aromatic heterocycles. The van der Waals surface area contributed by atoms with E-state index in [0.29, 0.717) is 32.2 Å². The van der Waals surface area contributed by atoms with Crippen LogP contribution in [0, 0.1) is 0 Å². The molecule has 1 aliphatic carbocycles. The maximum atomic E-state index is 11.7. The number of hydrogen-bond donors (Lipinski definition) is 2. The molecule has 150 valence electrons. The fraction of sp³-hybridized carbons (Fsp3) is 0.579. The number of carbonyl (C=O) groups excluding carboxylic acids is 1. The van der Waals surface area contributed by atoms with Gasteiger partial charge < -0.3 is 25.0 Å². The van der Waals surface area contributed by atoms with Crippen molar-refractivity contribution in [2.24, 2.45) is 4.99 Å². The number of rotatable bonds is 7. The second kappa shape index (κ2) is 10.6. The van der Waals surface area contributed by atoms with E-state index in [4.69, 9.17) is 9.47 Å². The van der Waals surface area contributed by atoms with Gasteiger partial charge in [-0.25, -0.2) is 0 Å². The number of nitrogens with zero attached hydrogens (tertiary/aromatic N) is 2. The molecule has 0 atom stereocenters. The maximum absolute atomic E-state index is 11.7. The smallest absolute Gasteiger partial charge is 0.220 e. The predicted molar refractivity (Wildman–Crippen MR) is 116 cm³/mol. The summed E-state index contributed by atoms with van der Waals surface area (Å²) >= 11 is 0. The minimum atomic E-state index is 0. The SMILES string of the molecule is CN=C(NCCCC(=O)NC1CC1)N(C)Cc1ccc2c(c1)OCCO2.I. The van der Waals surface area contributed by atoms with E-state index in [1.54, 1.807) is 7.05 Å². The van der Waals surface area contributed by atoms with E-state index in [9.17, 15) is 4.79 Å². The van der Waals surface area contributed by atoms with Crippen molar-refractivity contribution in [1.29, 1.82) is 0 Å². The van der Waals surface area contributed by atoms with Crippen LogP contribution >= 0.6 is 24.0 Å². The highest BCUT2D eigenvalue weighted by Crippen LogP contribution is 2.31. The Morgan fingerprint density at radius 1 is 1.26 bits per heavy atom. The number of hydrogen-bond acceptors (Lipinski definition) is 4. The van der Waals surface area contributed by atoms with Crippen molar-refractivity contribution in [2.75, 3.05) is 33.9 Å². The molecule has 0 saturated heterocycles. The highest BCUT2D eigenvalue weighted by molar-refractivity contribution is 14.0. The molecule has 0 radical (unpaired) electrons. The van der Waals surface area contributed by atoms with Crippen LogP contribution in [0.5, 0.6) is 11.5 Å². The molecule has 0 spiro atoms. The second-order valence-corrected chi connectivity index (χ2v) is 6.75. The first-order chi connectivity index (χ1) is 12.7. The number of ether oxygens (including phenoxy) is 2. The molecule has 7 nitrogen and oxygen atoms in total. The highest BCUT2D eigenvalue weighted by atomic mass is 127. The fourth-order valence-electron chi connectivity index (χ4n) is 2.90. The molecule has 1 aromatic carbocycles. The molecular formula is C19H29IN4O3. The quantitative estimate of drug-likeness (QED) is 0.266. The number of fused-ring (bicyclic) bond motifs is 1. The van der Waals surface area contributed by atoms with Crippen molar-refractivity contribution >= 4 is 35.8 Å². The molecule has 1 heterocycles. The van der Waals surface area contributed by atoms with E-state index in [2.05, 4.69) is 20.5 Å². The van der Waals surface area contributed by atoms with Gasteiger partial charge in [-0.1, -0.05) is 6.07 Å². The Bertz CT molecular complexity index is 664. The number of aliphatic imine (C=N–C) groups is 1. The summed E-state index contributed by atoms with van der Waals surface area (Å²) in [5.74, 6) is 2.55. The molecule has 1 aliphatic heterocycles. The van der Waals surface area contributed by atoms with Gasteiger partial charge in [0.05, 0.1) is 0 Å². The Labute approximate surface area is 177 Å². The minimum Gasteiger partial charge on any atom is -0.486 e. The molecule has 0 unspecified atom stereocenters. The maximum Gasteiger partial charge on any atom is 0.220 e. The highest BCUT2D eigenvalue weighted by Gasteiger charge is 2.22. The van der Waals surface area contributed by atoms with Crippen LogP contribution in [-0.4, -0.2) is 56.7 Å². The lowest BCUT2D eigenvalue weighted by atomic mass is 10.2. The predicted octanol–water partition coefficient (Wildman–Crippen LogP) is 2.14. The van der Waals surface area contributed by atoms with Crippen LogP contribution in [0.3, 0.4) is 0 Å². The molecule has 8 heteroatoms. The van der Waals surface area contributed by atoms with Gasteiger partial charge in [0.1, 0.15) is 13.2 Å². The first-order valence-electron chi connectivity index (χ1n) is 9.25. The van der Waals surface area contributed by atoms with Gasteiger partial charge in [-0.05, 0) is 37.0 Å². The molecule has 0 bridgehead atoms. The standard InChI is InChI=1S/C19H28N4O3.HI/c1-20-19(21-9-3-4-18(24)22-15-6-7-15)23(2)13-14-5-8-16-17(12-14)26-11-10-25-16;/h5,8,12,15H,3-4,6-7,9-11,13H2,1-2H3,(H,20,21)(H,22,24);1H. The number of carbonyl (C=O) groups is 1. The second-order valence-electron chi connectivity index (χ2n) is 6.75. The van der Waals surface area contributed by atoms with E-state index in [-0.39, 0.29) is 29.9 Å². The van der Waals surface area contributed by atoms with Gasteiger partial charge >= 0.3 is 0 Å². The number of guanidine groups is 1. The first-order valence-corrected chi connectivity index (χ1v) is 9.25. The van der Waals surface area contributed by atoms with Crippen molar-refractivity contribution in [3.05, 3.63) is 23.8 Å². The topological polar surface area (TPSA) is 75.2 Å². The van der Waals surface area contributed by atoms with Crippen LogP contribution in [0.2, 0.25) is 0 Å². The summed E-state index contributed by atoms with van der Waals surface area (Å²) in [7, 11) is 3.76. The van der Waals surface area contributed by atoms with Crippen molar-refractivity contribution in [1.82, 2.24) is 15.5 Å². The van der Waals surface area contributed by atoms with E-state index in [1.807, 2.05) is 25.2 Å². The van der Waals surface area contributed by atoms with E-state index < -0.39 is 0 Å². The molecule has 1 saturated carbocycles. The van der Waals surface area contributed by atoms with Gasteiger partial charge in [0.25, 0.3) is 0 Å². The lowest BCUT2D eigenvalue weighted by Gasteiger charge is -2.23. The van der Waals surface area contributed by atoms with Gasteiger partial charge in [0.15, 0.2) is 17.5 Å². The Hall–Kier alpha value is -1.71. The molecular weight excluding hydrogens is 459 g/mol. The van der Waals surface area contributed by atoms with Crippen molar-refractivity contribution in [2.45, 2.75) is 38.3 Å². The zero-order valence-corrected chi connectivity index (χ0v) is 18.3. The van der Waals surface area contributed by atoms with Crippen molar-refractivity contribution in [3.8, 4) is 11.5 Å². The summed E-state index contributed by atoms with van der Waals surface area (Å²) in [6.07, 6.45) is 3.59. The Morgan fingerprint density at radius 2 is 2.00 bits per heavy atom. The summed E-state index contributed by atoms with van der Waals surface area (Å²) in [5, 5.41) is 6.32. The zero-order valence-electron chi connectivity index (χ0n) is 16.0. The average molecular weight is 488 g/mol. The lowest BCUT2D eigenvalue weighted by molar-refractivity contribution is -0.121. The van der Waals surface area contributed by atoms with Crippen LogP contribution in [0.1, 0.15) is 31.2 Å². The molecule has 2 N–H and O–H groups in total. The van der Waals surface area contributed by atoms with Gasteiger partial charge in [0.2, 0.25) is 5.91 Å². The first kappa shape index (κ1) is 21.6. The Balaban J connectivity index is 0.00000261. The van der Waals surface area contributed by atoms with Gasteiger partial charge in [-0.3, -0.25) is 9.79 Å². The van der Waals surface area contributed by atoms with E-state index in [0.717, 1.165) is 48.8 Å². The lowest BCUT2D eigenvalue weighted by Crippen LogP contribution is -2.39. The minimum absolute atomic E-state index is 0. The summed E-state index contributed by atoms with van der Waals surface area (Å²) in [6, 6.07) is 6.44. The molecule has 1 fully saturated rings. The monoisotopic (exact) mass is 488 g/mol. The van der Waals surface area contributed by atoms with E-state index >= 15 is 0 Å². The van der Waals surface area contributed by atoms with Crippen LogP contribution < -0.4 is 20.1 Å². The third-order valence-corrected chi connectivity index (χ3v) is 4.41. The average Bonchev–Trinajstić information content (AvgIpc) is 3.45. The summed E-state index contributed by atoms with van der Waals surface area (Å²) < 4.78 is 11.2. The molecule has 1 amide bonds. The van der Waals surface area contributed by atoms with Gasteiger partial charge in [-0.2, -0.15) is 0 Å². The summed E-state index contributed by atoms with van der Waals surface area (Å²) in [6.45, 7) is 2.61. The van der Waals surface area contributed by atoms with Crippen molar-refractivity contribution < 1.29 is 14.3 Å². The van der Waals surface area contributed by atoms with Crippen LogP contribution in [0.15, 0.2) is 23.2 Å². The number of benzene rings is 1.